The smallest absolute Gasteiger partial charge is 0.0737 e. The van der Waals surface area contributed by atoms with Crippen LogP contribution in [-0.2, 0) is 5.41 Å². The number of hydrogen-bond acceptors (Lipinski definition) is 1. The SMILES string of the molecule is c1ccc(-c2ccc(N(c3ccccc3)c3cc4c(c5ccccc35)C3(c5ccccc5-c5ccccc53)c3c-4c4ccccc4c4ccccc34)c(-c3ccccc3)c2)cc1. The minimum atomic E-state index is -0.552. The standard InChI is InChI=1S/C61H39N/c1-4-20-40(21-5-1)42-36-37-56(52(38-42)41-22-6-2-7-23-41)62(43-24-8-3-9-25-43)57-39-53-58-49-31-13-10-26-44(49)45-27-11-14-32-50(45)60(58)61(59(53)51-33-15-12-30-48(51)57)54-34-18-16-28-46(54)47-29-17-19-35-55(47)61/h1-39H. The molecule has 0 radical (unpaired) electrons. The summed E-state index contributed by atoms with van der Waals surface area (Å²) in [6.45, 7) is 0. The van der Waals surface area contributed by atoms with E-state index in [9.17, 15) is 0 Å². The van der Waals surface area contributed by atoms with E-state index in [1.807, 2.05) is 0 Å². The molecule has 0 unspecified atom stereocenters. The summed E-state index contributed by atoms with van der Waals surface area (Å²) in [7, 11) is 0. The highest BCUT2D eigenvalue weighted by Crippen LogP contribution is 2.67. The maximum atomic E-state index is 2.54. The quantitative estimate of drug-likeness (QED) is 0.157. The summed E-state index contributed by atoms with van der Waals surface area (Å²) in [5, 5.41) is 7.63. The Kier molecular flexibility index (Phi) is 7.59. The van der Waals surface area contributed by atoms with E-state index >= 15 is 0 Å². The molecule has 0 amide bonds. The Morgan fingerprint density at radius 1 is 0.274 bits per heavy atom. The van der Waals surface area contributed by atoms with Gasteiger partial charge in [-0.15, -0.1) is 0 Å². The third-order valence-corrected chi connectivity index (χ3v) is 13.6. The molecule has 11 aromatic rings. The van der Waals surface area contributed by atoms with Crippen LogP contribution in [0.4, 0.5) is 17.1 Å². The van der Waals surface area contributed by atoms with E-state index in [1.165, 1.54) is 99.1 Å². The summed E-state index contributed by atoms with van der Waals surface area (Å²) in [6.07, 6.45) is 0. The van der Waals surface area contributed by atoms with Crippen molar-refractivity contribution in [2.45, 2.75) is 5.41 Å². The van der Waals surface area contributed by atoms with E-state index in [1.54, 1.807) is 0 Å². The molecule has 0 atom stereocenters. The van der Waals surface area contributed by atoms with Gasteiger partial charge < -0.3 is 4.90 Å². The second-order valence-corrected chi connectivity index (χ2v) is 16.7. The van der Waals surface area contributed by atoms with Crippen LogP contribution in [0.3, 0.4) is 0 Å². The number of benzene rings is 11. The number of para-hydroxylation sites is 1. The predicted octanol–water partition coefficient (Wildman–Crippen LogP) is 16.3. The van der Waals surface area contributed by atoms with Crippen molar-refractivity contribution < 1.29 is 0 Å². The van der Waals surface area contributed by atoms with Crippen LogP contribution < -0.4 is 4.90 Å². The number of anilines is 3. The van der Waals surface area contributed by atoms with Gasteiger partial charge in [0.25, 0.3) is 0 Å². The van der Waals surface area contributed by atoms with Crippen molar-refractivity contribution in [1.29, 1.82) is 0 Å². The molecule has 0 saturated carbocycles. The van der Waals surface area contributed by atoms with Crippen molar-refractivity contribution >= 4 is 49.4 Å². The fraction of sp³-hybridized carbons (Fsp3) is 0.0164. The average molecular weight is 786 g/mol. The van der Waals surface area contributed by atoms with E-state index in [-0.39, 0.29) is 0 Å². The summed E-state index contributed by atoms with van der Waals surface area (Å²) in [4.78, 5) is 2.52. The molecule has 2 aliphatic rings. The molecule has 11 aromatic carbocycles. The van der Waals surface area contributed by atoms with Gasteiger partial charge >= 0.3 is 0 Å². The molecule has 0 heterocycles. The van der Waals surface area contributed by atoms with Crippen molar-refractivity contribution in [3.05, 3.63) is 259 Å². The predicted molar refractivity (Wildman–Crippen MR) is 261 cm³/mol. The fourth-order valence-electron chi connectivity index (χ4n) is 11.2. The zero-order chi connectivity index (χ0) is 40.8. The van der Waals surface area contributed by atoms with Gasteiger partial charge in [-0.1, -0.05) is 206 Å². The Hall–Kier alpha value is -8.00. The normalized spacial score (nSPS) is 13.0. The lowest BCUT2D eigenvalue weighted by Gasteiger charge is -2.34. The van der Waals surface area contributed by atoms with Crippen LogP contribution in [0.2, 0.25) is 0 Å². The Labute approximate surface area is 361 Å². The first-order chi connectivity index (χ1) is 30.8. The fourth-order valence-corrected chi connectivity index (χ4v) is 11.2. The molecule has 62 heavy (non-hydrogen) atoms. The Balaban J connectivity index is 1.21. The minimum absolute atomic E-state index is 0.552. The van der Waals surface area contributed by atoms with Gasteiger partial charge in [0, 0.05) is 16.6 Å². The van der Waals surface area contributed by atoms with Crippen molar-refractivity contribution in [2.24, 2.45) is 0 Å². The molecule has 288 valence electrons. The highest BCUT2D eigenvalue weighted by Gasteiger charge is 2.54. The highest BCUT2D eigenvalue weighted by molar-refractivity contribution is 6.22. The Bertz CT molecular complexity index is 3520. The third-order valence-electron chi connectivity index (χ3n) is 13.6. The van der Waals surface area contributed by atoms with Gasteiger partial charge in [-0.2, -0.15) is 0 Å². The monoisotopic (exact) mass is 785 g/mol. The molecule has 0 saturated heterocycles. The van der Waals surface area contributed by atoms with Crippen LogP contribution in [-0.4, -0.2) is 0 Å². The number of rotatable bonds is 5. The lowest BCUT2D eigenvalue weighted by Crippen LogP contribution is -2.26. The summed E-state index contributed by atoms with van der Waals surface area (Å²) >= 11 is 0. The molecule has 2 aliphatic carbocycles. The zero-order valence-electron chi connectivity index (χ0n) is 34.0. The first-order valence-electron chi connectivity index (χ1n) is 21.6. The van der Waals surface area contributed by atoms with Gasteiger partial charge in [0.15, 0.2) is 0 Å². The molecule has 0 aromatic heterocycles. The molecule has 13 rings (SSSR count). The van der Waals surface area contributed by atoms with Crippen molar-refractivity contribution in [3.8, 4) is 44.5 Å². The second kappa shape index (κ2) is 13.5. The van der Waals surface area contributed by atoms with Gasteiger partial charge in [0.1, 0.15) is 0 Å². The van der Waals surface area contributed by atoms with E-state index in [2.05, 4.69) is 241 Å². The highest BCUT2D eigenvalue weighted by atomic mass is 15.1. The van der Waals surface area contributed by atoms with E-state index < -0.39 is 5.41 Å². The van der Waals surface area contributed by atoms with Crippen molar-refractivity contribution in [2.75, 3.05) is 4.90 Å². The molecule has 0 fully saturated rings. The van der Waals surface area contributed by atoms with E-state index in [0.717, 1.165) is 17.1 Å². The van der Waals surface area contributed by atoms with E-state index in [4.69, 9.17) is 0 Å². The van der Waals surface area contributed by atoms with Crippen molar-refractivity contribution in [3.63, 3.8) is 0 Å². The van der Waals surface area contributed by atoms with Gasteiger partial charge in [-0.05, 0) is 118 Å². The van der Waals surface area contributed by atoms with Gasteiger partial charge in [-0.3, -0.25) is 0 Å². The Morgan fingerprint density at radius 3 is 1.40 bits per heavy atom. The zero-order valence-corrected chi connectivity index (χ0v) is 34.0. The van der Waals surface area contributed by atoms with Gasteiger partial charge in [0.05, 0.1) is 16.8 Å². The largest absolute Gasteiger partial charge is 0.309 e. The first kappa shape index (κ1) is 34.8. The van der Waals surface area contributed by atoms with Gasteiger partial charge in [0.2, 0.25) is 0 Å². The maximum absolute atomic E-state index is 2.54. The minimum Gasteiger partial charge on any atom is -0.309 e. The van der Waals surface area contributed by atoms with Crippen molar-refractivity contribution in [1.82, 2.24) is 0 Å². The van der Waals surface area contributed by atoms with Crippen LogP contribution in [0.5, 0.6) is 0 Å². The summed E-state index contributed by atoms with van der Waals surface area (Å²) in [6, 6.07) is 87.9. The van der Waals surface area contributed by atoms with Crippen LogP contribution in [0.1, 0.15) is 22.3 Å². The van der Waals surface area contributed by atoms with Crippen LogP contribution in [0.15, 0.2) is 237 Å². The summed E-state index contributed by atoms with van der Waals surface area (Å²) in [5.41, 5.74) is 18.2. The number of hydrogen-bond donors (Lipinski definition) is 0. The molecule has 1 heteroatoms. The summed E-state index contributed by atoms with van der Waals surface area (Å²) < 4.78 is 0. The topological polar surface area (TPSA) is 3.24 Å². The summed E-state index contributed by atoms with van der Waals surface area (Å²) in [5.74, 6) is 0. The molecule has 1 nitrogen and oxygen atoms in total. The van der Waals surface area contributed by atoms with Crippen LogP contribution >= 0.6 is 0 Å². The first-order valence-corrected chi connectivity index (χ1v) is 21.6. The molecule has 0 aliphatic heterocycles. The Morgan fingerprint density at radius 2 is 0.758 bits per heavy atom. The lowest BCUT2D eigenvalue weighted by atomic mass is 9.68. The molecular formula is C61H39N. The molecule has 1 spiro atoms. The van der Waals surface area contributed by atoms with Gasteiger partial charge in [-0.25, -0.2) is 0 Å². The molecular weight excluding hydrogens is 747 g/mol. The maximum Gasteiger partial charge on any atom is 0.0737 e. The number of nitrogens with zero attached hydrogens (tertiary/aromatic N) is 1. The number of fused-ring (bicyclic) bond motifs is 17. The third kappa shape index (κ3) is 4.79. The lowest BCUT2D eigenvalue weighted by molar-refractivity contribution is 0.809. The molecule has 0 bridgehead atoms. The van der Waals surface area contributed by atoms with Crippen LogP contribution in [0, 0.1) is 0 Å². The average Bonchev–Trinajstić information content (AvgIpc) is 3.83. The van der Waals surface area contributed by atoms with Crippen LogP contribution in [0.25, 0.3) is 76.8 Å². The molecule has 0 N–H and O–H groups in total. The second-order valence-electron chi connectivity index (χ2n) is 16.7. The van der Waals surface area contributed by atoms with E-state index in [0.29, 0.717) is 0 Å².